The van der Waals surface area contributed by atoms with Crippen LogP contribution >= 0.6 is 0 Å². The van der Waals surface area contributed by atoms with Crippen LogP contribution in [0.4, 0.5) is 10.6 Å². The van der Waals surface area contributed by atoms with E-state index in [9.17, 15) is 14.9 Å². The number of nitrogens with one attached hydrogen (secondary N) is 1. The highest BCUT2D eigenvalue weighted by molar-refractivity contribution is 5.95. The Kier molecular flexibility index (Phi) is 3.03. The normalized spacial score (nSPS) is 11.2. The average Bonchev–Trinajstić information content (AvgIpc) is 2.56. The van der Waals surface area contributed by atoms with E-state index in [4.69, 9.17) is 11.5 Å². The fourth-order valence-corrected chi connectivity index (χ4v) is 0.973. The molecule has 1 aromatic rings. The molecule has 0 radical (unpaired) electrons. The number of imidazole rings is 1. The van der Waals surface area contributed by atoms with Crippen molar-refractivity contribution in [3.05, 3.63) is 22.1 Å². The van der Waals surface area contributed by atoms with Crippen LogP contribution < -0.4 is 16.9 Å². The van der Waals surface area contributed by atoms with Crippen molar-refractivity contribution < 1.29 is 9.72 Å². The number of primary amides is 1. The predicted molar refractivity (Wildman–Crippen MR) is 53.3 cm³/mol. The second-order valence-electron chi connectivity index (χ2n) is 2.73. The minimum Gasteiger partial charge on any atom is -0.377 e. The minimum absolute atomic E-state index is 0.0560. The number of rotatable bonds is 3. The molecule has 86 valence electrons. The molecule has 1 aromatic heterocycles. The van der Waals surface area contributed by atoms with Crippen LogP contribution in [0.3, 0.4) is 0 Å². The molecule has 0 fully saturated rings. The van der Waals surface area contributed by atoms with E-state index in [0.717, 1.165) is 10.8 Å². The van der Waals surface area contributed by atoms with Gasteiger partial charge in [-0.15, -0.1) is 5.10 Å². The van der Waals surface area contributed by atoms with Gasteiger partial charge in [-0.3, -0.25) is 0 Å². The number of hydrazone groups is 1. The van der Waals surface area contributed by atoms with E-state index < -0.39 is 11.0 Å². The lowest BCUT2D eigenvalue weighted by Crippen LogP contribution is -2.29. The Morgan fingerprint density at radius 2 is 2.31 bits per heavy atom. The molecule has 1 rings (SSSR count). The predicted octanol–water partition coefficient (Wildman–Crippen LogP) is -1.38. The number of aromatic nitrogens is 2. The summed E-state index contributed by atoms with van der Waals surface area (Å²) in [4.78, 5) is 23.9. The van der Waals surface area contributed by atoms with Gasteiger partial charge in [0.25, 0.3) is 5.82 Å². The van der Waals surface area contributed by atoms with Crippen LogP contribution in [-0.2, 0) is 7.05 Å². The van der Waals surface area contributed by atoms with Crippen LogP contribution in [0.25, 0.3) is 0 Å². The molecule has 0 spiro atoms. The molecule has 0 bridgehead atoms. The second-order valence-corrected chi connectivity index (χ2v) is 2.73. The highest BCUT2D eigenvalue weighted by Gasteiger charge is 2.19. The van der Waals surface area contributed by atoms with Gasteiger partial charge >= 0.3 is 11.8 Å². The molecule has 16 heavy (non-hydrogen) atoms. The number of nitrogens with zero attached hydrogens (tertiary/aromatic N) is 4. The summed E-state index contributed by atoms with van der Waals surface area (Å²) in [6.45, 7) is 0. The molecule has 0 saturated heterocycles. The molecule has 0 aliphatic carbocycles. The van der Waals surface area contributed by atoms with Gasteiger partial charge in [0.1, 0.15) is 6.20 Å². The Balaban J connectivity index is 3.01. The van der Waals surface area contributed by atoms with E-state index in [1.54, 1.807) is 0 Å². The maximum absolute atomic E-state index is 10.5. The Bertz CT molecular complexity index is 463. The summed E-state index contributed by atoms with van der Waals surface area (Å²) < 4.78 is 1.13. The van der Waals surface area contributed by atoms with Crippen LogP contribution in [0.15, 0.2) is 11.3 Å². The molecule has 0 saturated carbocycles. The Morgan fingerprint density at radius 1 is 1.69 bits per heavy atom. The molecule has 0 atom stereocenters. The third kappa shape index (κ3) is 2.23. The number of carbonyl (C=O) groups is 1. The van der Waals surface area contributed by atoms with Gasteiger partial charge in [-0.05, 0) is 4.92 Å². The summed E-state index contributed by atoms with van der Waals surface area (Å²) in [6.07, 6.45) is 1.03. The number of amidine groups is 1. The summed E-state index contributed by atoms with van der Waals surface area (Å²) in [5.41, 5.74) is 12.1. The first-order valence-electron chi connectivity index (χ1n) is 3.98. The van der Waals surface area contributed by atoms with Crippen molar-refractivity contribution in [1.82, 2.24) is 15.0 Å². The monoisotopic (exact) mass is 227 g/mol. The van der Waals surface area contributed by atoms with Crippen LogP contribution in [0.5, 0.6) is 0 Å². The van der Waals surface area contributed by atoms with Gasteiger partial charge in [0.15, 0.2) is 0 Å². The summed E-state index contributed by atoms with van der Waals surface area (Å²) in [5.74, 6) is -0.373. The molecule has 0 aliphatic rings. The zero-order chi connectivity index (χ0) is 12.3. The quantitative estimate of drug-likeness (QED) is 0.251. The lowest BCUT2D eigenvalue weighted by molar-refractivity contribution is -0.391. The summed E-state index contributed by atoms with van der Waals surface area (Å²) in [6, 6.07) is -0.897. The molecule has 0 unspecified atom stereocenters. The van der Waals surface area contributed by atoms with Crippen LogP contribution in [0.2, 0.25) is 0 Å². The van der Waals surface area contributed by atoms with Crippen molar-refractivity contribution in [3.8, 4) is 0 Å². The topological polar surface area (TPSA) is 154 Å². The van der Waals surface area contributed by atoms with Gasteiger partial charge in [-0.2, -0.15) is 0 Å². The van der Waals surface area contributed by atoms with Crippen LogP contribution in [-0.4, -0.2) is 26.3 Å². The lowest BCUT2D eigenvalue weighted by atomic mass is 10.5. The highest BCUT2D eigenvalue weighted by Crippen LogP contribution is 2.10. The van der Waals surface area contributed by atoms with Gasteiger partial charge in [-0.1, -0.05) is 0 Å². The summed E-state index contributed by atoms with van der Waals surface area (Å²) in [5, 5.41) is 13.9. The minimum atomic E-state index is -0.897. The van der Waals surface area contributed by atoms with Crippen molar-refractivity contribution in [3.63, 3.8) is 0 Å². The molecule has 10 nitrogen and oxygen atoms in total. The van der Waals surface area contributed by atoms with Gasteiger partial charge in [0.2, 0.25) is 5.84 Å². The standard InChI is InChI=1S/C6H9N7O3/c1-12-3(13(15)16)2-9-5(12)4(7)10-11-6(8)14/h2H,1H3,(H2,7,10)(H3,8,11,14). The molecule has 1 heterocycles. The summed E-state index contributed by atoms with van der Waals surface area (Å²) >= 11 is 0. The number of amides is 2. The molecule has 0 aliphatic heterocycles. The molecule has 10 heteroatoms. The van der Waals surface area contributed by atoms with Crippen molar-refractivity contribution in [2.24, 2.45) is 23.6 Å². The van der Waals surface area contributed by atoms with E-state index in [2.05, 4.69) is 10.1 Å². The maximum atomic E-state index is 10.5. The van der Waals surface area contributed by atoms with Crippen molar-refractivity contribution in [2.45, 2.75) is 0 Å². The van der Waals surface area contributed by atoms with E-state index in [1.165, 1.54) is 7.05 Å². The van der Waals surface area contributed by atoms with Gasteiger partial charge in [-0.25, -0.2) is 19.8 Å². The third-order valence-corrected chi connectivity index (χ3v) is 1.67. The van der Waals surface area contributed by atoms with E-state index in [-0.39, 0.29) is 17.5 Å². The van der Waals surface area contributed by atoms with Crippen molar-refractivity contribution >= 4 is 17.7 Å². The van der Waals surface area contributed by atoms with Crippen LogP contribution in [0, 0.1) is 10.1 Å². The van der Waals surface area contributed by atoms with E-state index >= 15 is 0 Å². The molecular formula is C6H9N7O3. The SMILES string of the molecule is Cn1c([N+](=O)[O-])cnc1/C(N)=N\NC(N)=O. The van der Waals surface area contributed by atoms with Gasteiger partial charge in [0.05, 0.1) is 7.05 Å². The largest absolute Gasteiger partial charge is 0.377 e. The summed E-state index contributed by atoms with van der Waals surface area (Å²) in [7, 11) is 1.40. The molecular weight excluding hydrogens is 218 g/mol. The Hall–Kier alpha value is -2.65. The Morgan fingerprint density at radius 3 is 2.75 bits per heavy atom. The van der Waals surface area contributed by atoms with Gasteiger partial charge < -0.3 is 21.6 Å². The average molecular weight is 227 g/mol. The number of hydrogen-bond donors (Lipinski definition) is 3. The fourth-order valence-electron chi connectivity index (χ4n) is 0.973. The van der Waals surface area contributed by atoms with Crippen molar-refractivity contribution in [2.75, 3.05) is 0 Å². The first-order chi connectivity index (χ1) is 7.43. The number of nitro groups is 1. The second kappa shape index (κ2) is 4.25. The zero-order valence-electron chi connectivity index (χ0n) is 8.25. The number of hydrogen-bond acceptors (Lipinski definition) is 5. The maximum Gasteiger partial charge on any atom is 0.343 e. The molecule has 2 amide bonds. The first kappa shape index (κ1) is 11.4. The number of nitrogens with two attached hydrogens (primary N) is 2. The molecule has 0 aromatic carbocycles. The van der Waals surface area contributed by atoms with Gasteiger partial charge in [0, 0.05) is 0 Å². The van der Waals surface area contributed by atoms with E-state index in [0.29, 0.717) is 0 Å². The highest BCUT2D eigenvalue weighted by atomic mass is 16.6. The van der Waals surface area contributed by atoms with Crippen molar-refractivity contribution in [1.29, 1.82) is 0 Å². The molecule has 5 N–H and O–H groups in total. The third-order valence-electron chi connectivity index (χ3n) is 1.67. The smallest absolute Gasteiger partial charge is 0.343 e. The fraction of sp³-hybridized carbons (Fsp3) is 0.167. The number of urea groups is 1. The first-order valence-corrected chi connectivity index (χ1v) is 3.98. The zero-order valence-corrected chi connectivity index (χ0v) is 8.25. The number of carbonyl (C=O) groups excluding carboxylic acids is 1. The van der Waals surface area contributed by atoms with E-state index in [1.807, 2.05) is 5.43 Å². The lowest BCUT2D eigenvalue weighted by Gasteiger charge is -1.98. The Labute approximate surface area is 89.1 Å². The van der Waals surface area contributed by atoms with Crippen LogP contribution in [0.1, 0.15) is 5.82 Å².